The van der Waals surface area contributed by atoms with E-state index < -0.39 is 31.1 Å². The average molecular weight is 696 g/mol. The predicted molar refractivity (Wildman–Crippen MR) is 197 cm³/mol. The number of aromatic nitrogens is 5. The van der Waals surface area contributed by atoms with E-state index >= 15 is 0 Å². The zero-order chi connectivity index (χ0) is 35.4. The molecular formula is C40H37N7O5. The monoisotopic (exact) mass is 695 g/mol. The maximum absolute atomic E-state index is 13.4. The fraction of sp³-hybridized carbons (Fsp3) is 0.200. The molecule has 1 aliphatic heterocycles. The van der Waals surface area contributed by atoms with E-state index in [-0.39, 0.29) is 5.91 Å². The molecule has 0 saturated carbocycles. The highest BCUT2D eigenvalue weighted by atomic mass is 16.5. The highest BCUT2D eigenvalue weighted by Crippen LogP contribution is 2.33. The zero-order valence-corrected chi connectivity index (χ0v) is 28.1. The number of hydrogen-bond acceptors (Lipinski definition) is 9. The quantitative estimate of drug-likeness (QED) is 0.115. The smallest absolute Gasteiger partial charge is 0.251 e. The molecule has 5 N–H and O–H groups in total. The van der Waals surface area contributed by atoms with Crippen molar-refractivity contribution in [2.45, 2.75) is 37.5 Å². The Morgan fingerprint density at radius 3 is 2.46 bits per heavy atom. The van der Waals surface area contributed by atoms with Gasteiger partial charge in [-0.2, -0.15) is 0 Å². The van der Waals surface area contributed by atoms with Gasteiger partial charge in [0.05, 0.1) is 18.5 Å². The van der Waals surface area contributed by atoms with Gasteiger partial charge in [-0.05, 0) is 46.9 Å². The van der Waals surface area contributed by atoms with Gasteiger partial charge in [0.2, 0.25) is 0 Å². The van der Waals surface area contributed by atoms with Gasteiger partial charge in [-0.15, -0.1) is 0 Å². The highest BCUT2D eigenvalue weighted by molar-refractivity contribution is 5.95. The van der Waals surface area contributed by atoms with Gasteiger partial charge in [-0.3, -0.25) is 9.36 Å². The van der Waals surface area contributed by atoms with Crippen LogP contribution in [0.1, 0.15) is 27.7 Å². The summed E-state index contributed by atoms with van der Waals surface area (Å²) in [5, 5.41) is 28.5. The van der Waals surface area contributed by atoms with Crippen molar-refractivity contribution in [1.29, 1.82) is 0 Å². The summed E-state index contributed by atoms with van der Waals surface area (Å²) in [7, 11) is 0. The SMILES string of the molecule is O=C(N[C@@H]1[C@H](O)[C@@H](CO)O[C@H]1n1cnc2c(NCCc3c[nH]c4c(OCc5ccccc5)cccc34)ncnc21)c1ccc(-c2ccccc2)cc1. The molecule has 0 spiro atoms. The van der Waals surface area contributed by atoms with E-state index in [0.717, 1.165) is 38.9 Å². The Labute approximate surface area is 299 Å². The Kier molecular flexibility index (Phi) is 9.32. The van der Waals surface area contributed by atoms with E-state index in [0.29, 0.717) is 42.1 Å². The number of aliphatic hydroxyl groups is 2. The van der Waals surface area contributed by atoms with Crippen LogP contribution < -0.4 is 15.4 Å². The van der Waals surface area contributed by atoms with Crippen LogP contribution in [0.2, 0.25) is 0 Å². The second-order valence-electron chi connectivity index (χ2n) is 12.7. The number of aliphatic hydroxyl groups excluding tert-OH is 2. The molecule has 4 heterocycles. The van der Waals surface area contributed by atoms with E-state index in [1.54, 1.807) is 23.0 Å². The Hall–Kier alpha value is -6.08. The Morgan fingerprint density at radius 2 is 1.67 bits per heavy atom. The predicted octanol–water partition coefficient (Wildman–Crippen LogP) is 5.26. The number of H-pyrrole nitrogens is 1. The minimum atomic E-state index is -1.18. The summed E-state index contributed by atoms with van der Waals surface area (Å²) in [4.78, 5) is 30.3. The molecule has 0 radical (unpaired) electrons. The molecule has 0 bridgehead atoms. The van der Waals surface area contributed by atoms with E-state index in [9.17, 15) is 15.0 Å². The van der Waals surface area contributed by atoms with Gasteiger partial charge in [-0.25, -0.2) is 15.0 Å². The first kappa shape index (κ1) is 33.1. The standard InChI is InChI=1S/C40H37N7O5/c48-21-32-36(49)34(46-39(50)28-16-14-27(15-17-28)26-10-5-2-6-11-26)40(52-32)47-24-45-35-37(43-23-44-38(35)47)41-19-18-29-20-42-33-30(29)12-7-13-31(33)51-22-25-8-3-1-4-9-25/h1-17,20,23-24,32,34,36,40,42,48-49H,18-19,21-22H2,(H,46,50)(H,41,43,44)/t32-,34-,36-,40-/m1/s1. The summed E-state index contributed by atoms with van der Waals surface area (Å²) in [6.45, 7) is 0.612. The van der Waals surface area contributed by atoms with Crippen molar-refractivity contribution in [3.05, 3.63) is 139 Å². The van der Waals surface area contributed by atoms with E-state index in [1.807, 2.05) is 91.1 Å². The Balaban J connectivity index is 0.962. The number of imidazole rings is 1. The van der Waals surface area contributed by atoms with E-state index in [2.05, 4.69) is 36.6 Å². The largest absolute Gasteiger partial charge is 0.487 e. The fourth-order valence-electron chi connectivity index (χ4n) is 6.70. The first-order valence-electron chi connectivity index (χ1n) is 17.1. The number of amides is 1. The molecular weight excluding hydrogens is 658 g/mol. The van der Waals surface area contributed by atoms with Gasteiger partial charge in [-0.1, -0.05) is 84.9 Å². The number of nitrogens with one attached hydrogen (secondary N) is 3. The van der Waals surface area contributed by atoms with Crippen molar-refractivity contribution in [2.75, 3.05) is 18.5 Å². The van der Waals surface area contributed by atoms with Crippen LogP contribution in [0.5, 0.6) is 5.75 Å². The number of aromatic amines is 1. The third-order valence-electron chi connectivity index (χ3n) is 9.42. The lowest BCUT2D eigenvalue weighted by Gasteiger charge is -2.23. The molecule has 1 aliphatic rings. The van der Waals surface area contributed by atoms with Crippen molar-refractivity contribution in [2.24, 2.45) is 0 Å². The third kappa shape index (κ3) is 6.58. The fourth-order valence-corrected chi connectivity index (χ4v) is 6.70. The second-order valence-corrected chi connectivity index (χ2v) is 12.7. The van der Waals surface area contributed by atoms with Crippen molar-refractivity contribution in [1.82, 2.24) is 29.8 Å². The summed E-state index contributed by atoms with van der Waals surface area (Å²) in [6, 6.07) is 32.3. The minimum absolute atomic E-state index is 0.385. The first-order chi connectivity index (χ1) is 25.6. The molecule has 8 rings (SSSR count). The van der Waals surface area contributed by atoms with Crippen LogP contribution in [0.3, 0.4) is 0 Å². The summed E-state index contributed by atoms with van der Waals surface area (Å²) in [5.41, 5.74) is 6.57. The molecule has 12 heteroatoms. The van der Waals surface area contributed by atoms with Gasteiger partial charge >= 0.3 is 0 Å². The van der Waals surface area contributed by atoms with Crippen LogP contribution in [0.25, 0.3) is 33.2 Å². The highest BCUT2D eigenvalue weighted by Gasteiger charge is 2.46. The number of ether oxygens (including phenoxy) is 2. The lowest BCUT2D eigenvalue weighted by molar-refractivity contribution is -0.0440. The molecule has 0 unspecified atom stereocenters. The lowest BCUT2D eigenvalue weighted by atomic mass is 10.0. The number of fused-ring (bicyclic) bond motifs is 2. The number of hydrogen-bond donors (Lipinski definition) is 5. The maximum atomic E-state index is 13.4. The number of carbonyl (C=O) groups excluding carboxylic acids is 1. The van der Waals surface area contributed by atoms with Crippen LogP contribution in [-0.4, -0.2) is 72.0 Å². The summed E-state index contributed by atoms with van der Waals surface area (Å²) < 4.78 is 13.9. The number of anilines is 1. The van der Waals surface area contributed by atoms with Crippen LogP contribution >= 0.6 is 0 Å². The van der Waals surface area contributed by atoms with Gasteiger partial charge in [0.15, 0.2) is 23.2 Å². The van der Waals surface area contributed by atoms with E-state index in [1.165, 1.54) is 6.33 Å². The van der Waals surface area contributed by atoms with Gasteiger partial charge < -0.3 is 35.3 Å². The normalized spacial score (nSPS) is 18.5. The van der Waals surface area contributed by atoms with Crippen molar-refractivity contribution in [3.63, 3.8) is 0 Å². The zero-order valence-electron chi connectivity index (χ0n) is 28.1. The number of rotatable bonds is 12. The van der Waals surface area contributed by atoms with Crippen molar-refractivity contribution >= 4 is 33.8 Å². The van der Waals surface area contributed by atoms with Crippen LogP contribution in [-0.2, 0) is 17.8 Å². The Morgan fingerprint density at radius 1 is 0.904 bits per heavy atom. The number of para-hydroxylation sites is 1. The summed E-state index contributed by atoms with van der Waals surface area (Å²) >= 11 is 0. The molecule has 1 fully saturated rings. The molecule has 12 nitrogen and oxygen atoms in total. The van der Waals surface area contributed by atoms with Gasteiger partial charge in [0.25, 0.3) is 5.91 Å². The number of benzene rings is 4. The molecule has 3 aromatic heterocycles. The molecule has 1 saturated heterocycles. The van der Waals surface area contributed by atoms with Crippen molar-refractivity contribution < 1.29 is 24.5 Å². The molecule has 0 aliphatic carbocycles. The summed E-state index contributed by atoms with van der Waals surface area (Å²) in [6.07, 6.45) is 2.68. The molecule has 52 heavy (non-hydrogen) atoms. The number of nitrogens with zero attached hydrogens (tertiary/aromatic N) is 4. The molecule has 7 aromatic rings. The van der Waals surface area contributed by atoms with Crippen molar-refractivity contribution in [3.8, 4) is 16.9 Å². The molecule has 262 valence electrons. The van der Waals surface area contributed by atoms with Crippen LogP contribution in [0.15, 0.2) is 122 Å². The van der Waals surface area contributed by atoms with Gasteiger partial charge in [0.1, 0.15) is 36.9 Å². The average Bonchev–Trinajstić information content (AvgIpc) is 3.90. The maximum Gasteiger partial charge on any atom is 0.251 e. The molecule has 1 amide bonds. The molecule has 4 aromatic carbocycles. The third-order valence-corrected chi connectivity index (χ3v) is 9.42. The minimum Gasteiger partial charge on any atom is -0.487 e. The van der Waals surface area contributed by atoms with Crippen LogP contribution in [0, 0.1) is 0 Å². The lowest BCUT2D eigenvalue weighted by Crippen LogP contribution is -2.46. The first-order valence-corrected chi connectivity index (χ1v) is 17.1. The van der Waals surface area contributed by atoms with E-state index in [4.69, 9.17) is 9.47 Å². The Bertz CT molecular complexity index is 2290. The summed E-state index contributed by atoms with van der Waals surface area (Å²) in [5.74, 6) is 0.943. The second kappa shape index (κ2) is 14.6. The topological polar surface area (TPSA) is 159 Å². The van der Waals surface area contributed by atoms with Gasteiger partial charge in [0, 0.05) is 23.7 Å². The molecule has 4 atom stereocenters. The van der Waals surface area contributed by atoms with Crippen LogP contribution in [0.4, 0.5) is 5.82 Å². The number of carbonyl (C=O) groups is 1.